The molecule has 2 atom stereocenters. The van der Waals surface area contributed by atoms with Gasteiger partial charge in [-0.15, -0.1) is 0 Å². The summed E-state index contributed by atoms with van der Waals surface area (Å²) < 4.78 is 0. The zero-order valence-electron chi connectivity index (χ0n) is 6.47. The summed E-state index contributed by atoms with van der Waals surface area (Å²) in [5, 5.41) is 0. The minimum Gasteiger partial charge on any atom is -0.328 e. The molecule has 0 spiro atoms. The van der Waals surface area contributed by atoms with Crippen LogP contribution in [-0.2, 0) is 4.79 Å². The van der Waals surface area contributed by atoms with Crippen LogP contribution in [0.5, 0.6) is 0 Å². The number of aliphatic imine (C=N–C) groups is 2. The largest absolute Gasteiger partial charge is 0.328 e. The quantitative estimate of drug-likeness (QED) is 0.569. The van der Waals surface area contributed by atoms with Crippen molar-refractivity contribution in [2.75, 3.05) is 6.54 Å². The molecule has 0 aromatic heterocycles. The van der Waals surface area contributed by atoms with E-state index in [-0.39, 0.29) is 11.8 Å². The van der Waals surface area contributed by atoms with Crippen molar-refractivity contribution >= 4 is 18.3 Å². The Morgan fingerprint density at radius 3 is 3.17 bits per heavy atom. The molecule has 2 aliphatic rings. The molecule has 2 aliphatic heterocycles. The fourth-order valence-electron chi connectivity index (χ4n) is 1.49. The van der Waals surface area contributed by atoms with Gasteiger partial charge in [0.25, 0.3) is 5.91 Å². The van der Waals surface area contributed by atoms with E-state index in [2.05, 4.69) is 9.98 Å². The highest BCUT2D eigenvalue weighted by molar-refractivity contribution is 6.03. The molecule has 0 bridgehead atoms. The van der Waals surface area contributed by atoms with Crippen LogP contribution >= 0.6 is 0 Å². The summed E-state index contributed by atoms with van der Waals surface area (Å²) in [7, 11) is 0. The first kappa shape index (κ1) is 7.36. The van der Waals surface area contributed by atoms with Crippen molar-refractivity contribution < 1.29 is 4.79 Å². The van der Waals surface area contributed by atoms with E-state index in [1.165, 1.54) is 0 Å². The van der Waals surface area contributed by atoms with Gasteiger partial charge in [0.1, 0.15) is 5.54 Å². The molecule has 0 aromatic rings. The van der Waals surface area contributed by atoms with Crippen LogP contribution in [0.2, 0.25) is 0 Å². The second kappa shape index (κ2) is 2.35. The summed E-state index contributed by atoms with van der Waals surface area (Å²) in [6, 6.07) is 0. The molecule has 62 valence electrons. The fourth-order valence-corrected chi connectivity index (χ4v) is 1.49. The number of dihydropyridines is 1. The average Bonchev–Trinajstić information content (AvgIpc) is 2.46. The summed E-state index contributed by atoms with van der Waals surface area (Å²) in [6.45, 7) is 0.327. The van der Waals surface area contributed by atoms with Gasteiger partial charge in [-0.05, 0) is 6.08 Å². The van der Waals surface area contributed by atoms with Crippen LogP contribution < -0.4 is 5.73 Å². The molecule has 0 aliphatic carbocycles. The van der Waals surface area contributed by atoms with Gasteiger partial charge in [-0.2, -0.15) is 0 Å². The number of allylic oxidation sites excluding steroid dienone is 1. The van der Waals surface area contributed by atoms with Gasteiger partial charge in [0, 0.05) is 19.0 Å². The second-order valence-electron chi connectivity index (χ2n) is 2.93. The van der Waals surface area contributed by atoms with Gasteiger partial charge in [-0.25, -0.2) is 4.99 Å². The molecule has 2 N–H and O–H groups in total. The number of hydrogen-bond acceptors (Lipinski definition) is 3. The van der Waals surface area contributed by atoms with Gasteiger partial charge >= 0.3 is 0 Å². The molecule has 2 unspecified atom stereocenters. The summed E-state index contributed by atoms with van der Waals surface area (Å²) in [5.41, 5.74) is 4.97. The van der Waals surface area contributed by atoms with Crippen LogP contribution in [0, 0.1) is 5.92 Å². The van der Waals surface area contributed by atoms with E-state index in [1.807, 2.05) is 0 Å². The predicted molar refractivity (Wildman–Crippen MR) is 46.4 cm³/mol. The number of nitrogens with zero attached hydrogens (tertiary/aromatic N) is 2. The van der Waals surface area contributed by atoms with Crippen LogP contribution in [-0.4, -0.2) is 30.4 Å². The van der Waals surface area contributed by atoms with Crippen LogP contribution in [0.4, 0.5) is 0 Å². The summed E-state index contributed by atoms with van der Waals surface area (Å²) in [4.78, 5) is 19.1. The minimum atomic E-state index is -0.578. The molecule has 0 fully saturated rings. The van der Waals surface area contributed by atoms with E-state index in [4.69, 9.17) is 5.73 Å². The van der Waals surface area contributed by atoms with E-state index < -0.39 is 5.54 Å². The zero-order valence-corrected chi connectivity index (χ0v) is 6.47. The fraction of sp³-hybridized carbons (Fsp3) is 0.375. The molecule has 4 nitrogen and oxygen atoms in total. The second-order valence-corrected chi connectivity index (χ2v) is 2.93. The highest BCUT2D eigenvalue weighted by Gasteiger charge is 2.44. The first-order valence-electron chi connectivity index (χ1n) is 3.80. The number of nitrogens with two attached hydrogens (primary N) is 1. The minimum absolute atomic E-state index is 0.145. The molecule has 2 heterocycles. The SMILES string of the molecule is NCC12C=NC(=O)C1C=CC=N2. The van der Waals surface area contributed by atoms with Crippen LogP contribution in [0.1, 0.15) is 0 Å². The smallest absolute Gasteiger partial charge is 0.255 e. The molecule has 12 heavy (non-hydrogen) atoms. The molecule has 0 aromatic carbocycles. The number of rotatable bonds is 1. The third kappa shape index (κ3) is 0.783. The molecular formula is C8H9N3O. The maximum atomic E-state index is 11.2. The van der Waals surface area contributed by atoms with Crippen molar-refractivity contribution in [3.05, 3.63) is 12.2 Å². The van der Waals surface area contributed by atoms with Gasteiger partial charge in [0.15, 0.2) is 0 Å². The maximum Gasteiger partial charge on any atom is 0.255 e. The highest BCUT2D eigenvalue weighted by atomic mass is 16.1. The van der Waals surface area contributed by atoms with Crippen LogP contribution in [0.15, 0.2) is 22.1 Å². The number of fused-ring (bicyclic) bond motifs is 1. The number of hydrogen-bond donors (Lipinski definition) is 1. The first-order chi connectivity index (χ1) is 5.78. The highest BCUT2D eigenvalue weighted by Crippen LogP contribution is 2.29. The average molecular weight is 163 g/mol. The lowest BCUT2D eigenvalue weighted by atomic mass is 9.85. The number of carbonyl (C=O) groups excluding carboxylic acids is 1. The standard InChI is InChI=1S/C8H9N3O/c9-4-8-5-10-7(12)6(8)2-1-3-11-8/h1-3,5-6H,4,9H2. The Balaban J connectivity index is 2.43. The van der Waals surface area contributed by atoms with Crippen LogP contribution in [0.3, 0.4) is 0 Å². The zero-order chi connectivity index (χ0) is 8.60. The molecule has 4 heteroatoms. The summed E-state index contributed by atoms with van der Waals surface area (Å²) >= 11 is 0. The third-order valence-corrected chi connectivity index (χ3v) is 2.25. The Bertz CT molecular complexity index is 301. The van der Waals surface area contributed by atoms with Crippen molar-refractivity contribution in [3.63, 3.8) is 0 Å². The Hall–Kier alpha value is -1.29. The third-order valence-electron chi connectivity index (χ3n) is 2.25. The van der Waals surface area contributed by atoms with E-state index in [0.717, 1.165) is 0 Å². The van der Waals surface area contributed by atoms with Crippen molar-refractivity contribution in [1.82, 2.24) is 0 Å². The van der Waals surface area contributed by atoms with Gasteiger partial charge in [-0.3, -0.25) is 9.79 Å². The molecular weight excluding hydrogens is 154 g/mol. The van der Waals surface area contributed by atoms with Gasteiger partial charge < -0.3 is 5.73 Å². The first-order valence-corrected chi connectivity index (χ1v) is 3.80. The topological polar surface area (TPSA) is 67.8 Å². The van der Waals surface area contributed by atoms with E-state index in [0.29, 0.717) is 6.54 Å². The Morgan fingerprint density at radius 1 is 1.67 bits per heavy atom. The molecule has 1 amide bonds. The lowest BCUT2D eigenvalue weighted by Gasteiger charge is -2.25. The maximum absolute atomic E-state index is 11.2. The number of amides is 1. The lowest BCUT2D eigenvalue weighted by molar-refractivity contribution is -0.120. The van der Waals surface area contributed by atoms with Crippen molar-refractivity contribution in [2.24, 2.45) is 21.6 Å². The normalized spacial score (nSPS) is 37.4. The van der Waals surface area contributed by atoms with Crippen LogP contribution in [0.25, 0.3) is 0 Å². The Kier molecular flexibility index (Phi) is 1.44. The Morgan fingerprint density at radius 2 is 2.50 bits per heavy atom. The predicted octanol–water partition coefficient (Wildman–Crippen LogP) is -0.448. The summed E-state index contributed by atoms with van der Waals surface area (Å²) in [5.74, 6) is -0.416. The number of carbonyl (C=O) groups is 1. The molecule has 0 radical (unpaired) electrons. The van der Waals surface area contributed by atoms with Gasteiger partial charge in [0.2, 0.25) is 0 Å². The van der Waals surface area contributed by atoms with E-state index >= 15 is 0 Å². The van der Waals surface area contributed by atoms with Crippen molar-refractivity contribution in [1.29, 1.82) is 0 Å². The monoisotopic (exact) mass is 163 g/mol. The lowest BCUT2D eigenvalue weighted by Crippen LogP contribution is -2.44. The van der Waals surface area contributed by atoms with E-state index in [1.54, 1.807) is 24.6 Å². The molecule has 2 rings (SSSR count). The van der Waals surface area contributed by atoms with Gasteiger partial charge in [0.05, 0.1) is 5.92 Å². The van der Waals surface area contributed by atoms with Crippen molar-refractivity contribution in [2.45, 2.75) is 5.54 Å². The van der Waals surface area contributed by atoms with E-state index in [9.17, 15) is 4.79 Å². The molecule has 0 saturated heterocycles. The Labute approximate surface area is 69.9 Å². The molecule has 0 saturated carbocycles. The van der Waals surface area contributed by atoms with Crippen molar-refractivity contribution in [3.8, 4) is 0 Å². The van der Waals surface area contributed by atoms with Gasteiger partial charge in [-0.1, -0.05) is 6.08 Å². The summed E-state index contributed by atoms with van der Waals surface area (Å²) in [6.07, 6.45) is 6.77.